The standard InChI is InChI=1S/C24H18BrF4N3O3/c1-12-20(25)13(2)32(31-12)10-14-4-3-5-15(8-14)30-24(33)19-7-6-16(35-19)11-34-23-21(28)17(26)9-18(27)22(23)29/h3-9H,10-11H2,1-2H3,(H,30,33). The van der Waals surface area contributed by atoms with Crippen LogP contribution >= 0.6 is 15.9 Å². The van der Waals surface area contributed by atoms with Gasteiger partial charge in [-0.2, -0.15) is 13.9 Å². The first-order valence-corrected chi connectivity index (χ1v) is 11.1. The smallest absolute Gasteiger partial charge is 0.291 e. The largest absolute Gasteiger partial charge is 0.479 e. The Labute approximate surface area is 205 Å². The summed E-state index contributed by atoms with van der Waals surface area (Å²) in [5.74, 6) is -8.38. The molecule has 0 bridgehead atoms. The molecule has 0 spiro atoms. The normalized spacial score (nSPS) is 11.1. The molecule has 182 valence electrons. The van der Waals surface area contributed by atoms with Gasteiger partial charge in [-0.15, -0.1) is 0 Å². The van der Waals surface area contributed by atoms with E-state index in [0.29, 0.717) is 12.2 Å². The van der Waals surface area contributed by atoms with Crippen molar-refractivity contribution in [1.82, 2.24) is 9.78 Å². The highest BCUT2D eigenvalue weighted by atomic mass is 79.9. The van der Waals surface area contributed by atoms with Gasteiger partial charge in [-0.3, -0.25) is 9.48 Å². The molecular weight excluding hydrogens is 534 g/mol. The Morgan fingerprint density at radius 1 is 1.09 bits per heavy atom. The Kier molecular flexibility index (Phi) is 6.97. The van der Waals surface area contributed by atoms with Crippen molar-refractivity contribution in [2.75, 3.05) is 5.32 Å². The summed E-state index contributed by atoms with van der Waals surface area (Å²) >= 11 is 3.50. The summed E-state index contributed by atoms with van der Waals surface area (Å²) < 4.78 is 67.0. The van der Waals surface area contributed by atoms with E-state index in [1.54, 1.807) is 18.2 Å². The summed E-state index contributed by atoms with van der Waals surface area (Å²) in [6.07, 6.45) is 0. The summed E-state index contributed by atoms with van der Waals surface area (Å²) in [5.41, 5.74) is 3.27. The van der Waals surface area contributed by atoms with Gasteiger partial charge in [0.1, 0.15) is 12.4 Å². The van der Waals surface area contributed by atoms with E-state index >= 15 is 0 Å². The minimum atomic E-state index is -1.67. The molecule has 0 saturated heterocycles. The topological polar surface area (TPSA) is 69.3 Å². The zero-order valence-electron chi connectivity index (χ0n) is 18.5. The lowest BCUT2D eigenvalue weighted by atomic mass is 10.2. The number of anilines is 1. The summed E-state index contributed by atoms with van der Waals surface area (Å²) in [7, 11) is 0. The second kappa shape index (κ2) is 9.95. The third-order valence-electron chi connectivity index (χ3n) is 5.13. The second-order valence-electron chi connectivity index (χ2n) is 7.65. The Balaban J connectivity index is 1.42. The quantitative estimate of drug-likeness (QED) is 0.216. The van der Waals surface area contributed by atoms with Crippen LogP contribution in [0.3, 0.4) is 0 Å². The van der Waals surface area contributed by atoms with Crippen molar-refractivity contribution in [3.8, 4) is 5.75 Å². The average Bonchev–Trinajstić information content (AvgIpc) is 3.39. The number of furan rings is 1. The first-order valence-electron chi connectivity index (χ1n) is 10.3. The van der Waals surface area contributed by atoms with Crippen LogP contribution in [-0.4, -0.2) is 15.7 Å². The predicted molar refractivity (Wildman–Crippen MR) is 122 cm³/mol. The zero-order chi connectivity index (χ0) is 25.3. The fourth-order valence-electron chi connectivity index (χ4n) is 3.34. The van der Waals surface area contributed by atoms with Crippen molar-refractivity contribution in [1.29, 1.82) is 0 Å². The zero-order valence-corrected chi connectivity index (χ0v) is 20.1. The number of ether oxygens (including phenoxy) is 1. The Morgan fingerprint density at radius 2 is 1.80 bits per heavy atom. The average molecular weight is 552 g/mol. The van der Waals surface area contributed by atoms with E-state index in [2.05, 4.69) is 26.3 Å². The minimum Gasteiger partial charge on any atom is -0.479 e. The number of hydrogen-bond donors (Lipinski definition) is 1. The number of nitrogens with one attached hydrogen (secondary N) is 1. The van der Waals surface area contributed by atoms with Crippen molar-refractivity contribution in [2.45, 2.75) is 27.0 Å². The van der Waals surface area contributed by atoms with Gasteiger partial charge in [-0.1, -0.05) is 12.1 Å². The van der Waals surface area contributed by atoms with Crippen LogP contribution in [0.1, 0.15) is 33.3 Å². The predicted octanol–water partition coefficient (Wildman–Crippen LogP) is 6.29. The van der Waals surface area contributed by atoms with Crippen LogP contribution in [0.25, 0.3) is 0 Å². The molecule has 0 saturated carbocycles. The van der Waals surface area contributed by atoms with Crippen molar-refractivity contribution in [2.24, 2.45) is 0 Å². The summed E-state index contributed by atoms with van der Waals surface area (Å²) in [4.78, 5) is 12.6. The van der Waals surface area contributed by atoms with Gasteiger partial charge in [0, 0.05) is 11.8 Å². The molecule has 2 heterocycles. The molecule has 0 aliphatic carbocycles. The number of aromatic nitrogens is 2. The molecule has 0 fully saturated rings. The summed E-state index contributed by atoms with van der Waals surface area (Å²) in [6, 6.07) is 9.94. The van der Waals surface area contributed by atoms with Crippen LogP contribution in [0.5, 0.6) is 5.75 Å². The maximum absolute atomic E-state index is 13.7. The first-order chi connectivity index (χ1) is 16.6. The molecule has 1 amide bonds. The molecule has 35 heavy (non-hydrogen) atoms. The second-order valence-corrected chi connectivity index (χ2v) is 8.44. The van der Waals surface area contributed by atoms with E-state index in [4.69, 9.17) is 9.15 Å². The number of amides is 1. The summed E-state index contributed by atoms with van der Waals surface area (Å²) in [6.45, 7) is 3.79. The lowest BCUT2D eigenvalue weighted by Gasteiger charge is -2.09. The molecule has 2 aromatic carbocycles. The van der Waals surface area contributed by atoms with Gasteiger partial charge in [0.05, 0.1) is 22.4 Å². The number of carbonyl (C=O) groups is 1. The molecule has 0 radical (unpaired) electrons. The van der Waals surface area contributed by atoms with E-state index in [-0.39, 0.29) is 17.6 Å². The lowest BCUT2D eigenvalue weighted by molar-refractivity contribution is 0.0992. The third kappa shape index (κ3) is 5.24. The van der Waals surface area contributed by atoms with E-state index < -0.39 is 41.5 Å². The van der Waals surface area contributed by atoms with E-state index in [1.165, 1.54) is 12.1 Å². The highest BCUT2D eigenvalue weighted by molar-refractivity contribution is 9.10. The molecule has 0 aliphatic heterocycles. The highest BCUT2D eigenvalue weighted by Gasteiger charge is 2.21. The van der Waals surface area contributed by atoms with Gasteiger partial charge in [-0.05, 0) is 59.6 Å². The number of nitrogens with zero attached hydrogens (tertiary/aromatic N) is 2. The monoisotopic (exact) mass is 551 g/mol. The van der Waals surface area contributed by atoms with Crippen LogP contribution in [0.2, 0.25) is 0 Å². The van der Waals surface area contributed by atoms with Crippen LogP contribution in [0.15, 0.2) is 51.4 Å². The van der Waals surface area contributed by atoms with Gasteiger partial charge in [0.2, 0.25) is 11.6 Å². The molecule has 2 aromatic heterocycles. The number of carbonyl (C=O) groups excluding carboxylic acids is 1. The summed E-state index contributed by atoms with van der Waals surface area (Å²) in [5, 5.41) is 7.18. The molecule has 6 nitrogen and oxygen atoms in total. The van der Waals surface area contributed by atoms with Gasteiger partial charge in [0.25, 0.3) is 5.91 Å². The van der Waals surface area contributed by atoms with E-state index in [1.807, 2.05) is 24.6 Å². The number of rotatable bonds is 7. The molecule has 0 atom stereocenters. The molecule has 1 N–H and O–H groups in total. The Morgan fingerprint density at radius 3 is 2.46 bits per heavy atom. The van der Waals surface area contributed by atoms with Crippen LogP contribution < -0.4 is 10.1 Å². The lowest BCUT2D eigenvalue weighted by Crippen LogP contribution is -2.11. The molecule has 0 aliphatic rings. The van der Waals surface area contributed by atoms with Gasteiger partial charge in [0.15, 0.2) is 23.1 Å². The fraction of sp³-hybridized carbons (Fsp3) is 0.167. The Hall–Kier alpha value is -3.60. The maximum atomic E-state index is 13.7. The van der Waals surface area contributed by atoms with Crippen molar-refractivity contribution in [3.63, 3.8) is 0 Å². The van der Waals surface area contributed by atoms with Gasteiger partial charge < -0.3 is 14.5 Å². The number of hydrogen-bond acceptors (Lipinski definition) is 4. The molecule has 11 heteroatoms. The van der Waals surface area contributed by atoms with Gasteiger partial charge >= 0.3 is 0 Å². The van der Waals surface area contributed by atoms with Crippen LogP contribution in [0, 0.1) is 37.1 Å². The molecule has 4 rings (SSSR count). The van der Waals surface area contributed by atoms with E-state index in [0.717, 1.165) is 21.4 Å². The maximum Gasteiger partial charge on any atom is 0.291 e. The van der Waals surface area contributed by atoms with Gasteiger partial charge in [-0.25, -0.2) is 8.78 Å². The number of aryl methyl sites for hydroxylation is 1. The fourth-order valence-corrected chi connectivity index (χ4v) is 3.62. The SMILES string of the molecule is Cc1nn(Cc2cccc(NC(=O)c3ccc(COc4c(F)c(F)cc(F)c4F)o3)c2)c(C)c1Br. The first kappa shape index (κ1) is 24.5. The number of benzene rings is 2. The third-order valence-corrected chi connectivity index (χ3v) is 6.27. The van der Waals surface area contributed by atoms with Crippen molar-refractivity contribution >= 4 is 27.5 Å². The highest BCUT2D eigenvalue weighted by Crippen LogP contribution is 2.27. The number of halogens is 5. The molecule has 0 unspecified atom stereocenters. The van der Waals surface area contributed by atoms with Crippen LogP contribution in [-0.2, 0) is 13.2 Å². The molecule has 4 aromatic rings. The van der Waals surface area contributed by atoms with Crippen LogP contribution in [0.4, 0.5) is 23.2 Å². The Bertz CT molecular complexity index is 1390. The minimum absolute atomic E-state index is 0.0162. The van der Waals surface area contributed by atoms with E-state index in [9.17, 15) is 22.4 Å². The van der Waals surface area contributed by atoms with Crippen molar-refractivity contribution in [3.05, 3.63) is 98.7 Å². The molecular formula is C24H18BrF4N3O3. The van der Waals surface area contributed by atoms with Crippen molar-refractivity contribution < 1.29 is 31.5 Å².